The zero-order valence-electron chi connectivity index (χ0n) is 11.3. The number of alkyl halides is 3. The first-order valence-corrected chi connectivity index (χ1v) is 6.25. The molecular formula is C12H20F3NO3. The predicted octanol–water partition coefficient (Wildman–Crippen LogP) is 2.70. The van der Waals surface area contributed by atoms with Gasteiger partial charge in [-0.1, -0.05) is 0 Å². The summed E-state index contributed by atoms with van der Waals surface area (Å²) < 4.78 is 42.1. The molecule has 7 heteroatoms. The van der Waals surface area contributed by atoms with Crippen molar-refractivity contribution in [2.75, 3.05) is 6.54 Å². The monoisotopic (exact) mass is 283 g/mol. The highest BCUT2D eigenvalue weighted by molar-refractivity contribution is 5.68. The van der Waals surface area contributed by atoms with Crippen molar-refractivity contribution in [2.45, 2.75) is 64.0 Å². The third-order valence-electron chi connectivity index (χ3n) is 2.88. The van der Waals surface area contributed by atoms with E-state index in [-0.39, 0.29) is 0 Å². The van der Waals surface area contributed by atoms with Gasteiger partial charge in [-0.05, 0) is 33.6 Å². The van der Waals surface area contributed by atoms with Crippen molar-refractivity contribution in [3.8, 4) is 0 Å². The van der Waals surface area contributed by atoms with E-state index in [1.807, 2.05) is 0 Å². The molecule has 4 nitrogen and oxygen atoms in total. The molecule has 1 aliphatic heterocycles. The maximum Gasteiger partial charge on any atom is 0.414 e. The van der Waals surface area contributed by atoms with Crippen LogP contribution in [0, 0.1) is 0 Å². The van der Waals surface area contributed by atoms with Crippen LogP contribution in [0.1, 0.15) is 40.0 Å². The standard InChI is InChI=1S/C12H20F3NO3/c1-11(2,3)19-10(18)16-6-4-5-8(16)7-9(17)12(13,14)15/h8-9,17H,4-7H2,1-3H3. The fourth-order valence-electron chi connectivity index (χ4n) is 2.03. The summed E-state index contributed by atoms with van der Waals surface area (Å²) in [5.74, 6) is 0. The molecule has 0 bridgehead atoms. The summed E-state index contributed by atoms with van der Waals surface area (Å²) >= 11 is 0. The van der Waals surface area contributed by atoms with E-state index in [1.165, 1.54) is 4.90 Å². The average molecular weight is 283 g/mol. The quantitative estimate of drug-likeness (QED) is 0.847. The first-order chi connectivity index (χ1) is 8.50. The normalized spacial score (nSPS) is 22.5. The minimum atomic E-state index is -4.65. The maximum absolute atomic E-state index is 12.3. The van der Waals surface area contributed by atoms with Crippen LogP contribution in [0.3, 0.4) is 0 Å². The number of likely N-dealkylation sites (tertiary alicyclic amines) is 1. The zero-order chi connectivity index (χ0) is 14.8. The number of halogens is 3. The number of ether oxygens (including phenoxy) is 1. The van der Waals surface area contributed by atoms with Crippen LogP contribution in [-0.4, -0.2) is 46.6 Å². The zero-order valence-corrected chi connectivity index (χ0v) is 11.3. The molecule has 0 spiro atoms. The number of carbonyl (C=O) groups is 1. The van der Waals surface area contributed by atoms with Gasteiger partial charge in [-0.2, -0.15) is 13.2 Å². The van der Waals surface area contributed by atoms with Crippen molar-refractivity contribution in [1.82, 2.24) is 4.90 Å². The van der Waals surface area contributed by atoms with Crippen molar-refractivity contribution >= 4 is 6.09 Å². The van der Waals surface area contributed by atoms with Crippen LogP contribution in [0.15, 0.2) is 0 Å². The second kappa shape index (κ2) is 5.56. The molecule has 1 saturated heterocycles. The number of nitrogens with zero attached hydrogens (tertiary/aromatic N) is 1. The average Bonchev–Trinajstić information content (AvgIpc) is 2.61. The van der Waals surface area contributed by atoms with Gasteiger partial charge < -0.3 is 14.7 Å². The van der Waals surface area contributed by atoms with E-state index < -0.39 is 36.4 Å². The molecule has 0 radical (unpaired) electrons. The Morgan fingerprint density at radius 2 is 2.00 bits per heavy atom. The Morgan fingerprint density at radius 1 is 1.42 bits per heavy atom. The summed E-state index contributed by atoms with van der Waals surface area (Å²) in [5, 5.41) is 9.07. The Kier molecular flexibility index (Phi) is 4.71. The van der Waals surface area contributed by atoms with Gasteiger partial charge in [0.2, 0.25) is 0 Å². The molecule has 0 saturated carbocycles. The molecule has 2 unspecified atom stereocenters. The minimum Gasteiger partial charge on any atom is -0.444 e. The Labute approximate surface area is 110 Å². The number of hydrogen-bond donors (Lipinski definition) is 1. The second-order valence-electron chi connectivity index (χ2n) is 5.76. The molecule has 1 N–H and O–H groups in total. The Hall–Kier alpha value is -0.980. The maximum atomic E-state index is 12.3. The van der Waals surface area contributed by atoms with E-state index in [0.29, 0.717) is 19.4 Å². The van der Waals surface area contributed by atoms with E-state index in [9.17, 15) is 18.0 Å². The smallest absolute Gasteiger partial charge is 0.414 e. The van der Waals surface area contributed by atoms with E-state index >= 15 is 0 Å². The van der Waals surface area contributed by atoms with Crippen molar-refractivity contribution in [1.29, 1.82) is 0 Å². The lowest BCUT2D eigenvalue weighted by Gasteiger charge is -2.29. The molecular weight excluding hydrogens is 263 g/mol. The molecule has 0 aromatic heterocycles. The van der Waals surface area contributed by atoms with Crippen LogP contribution in [0.25, 0.3) is 0 Å². The fourth-order valence-corrected chi connectivity index (χ4v) is 2.03. The van der Waals surface area contributed by atoms with Gasteiger partial charge >= 0.3 is 12.3 Å². The van der Waals surface area contributed by atoms with E-state index in [0.717, 1.165) is 0 Å². The van der Waals surface area contributed by atoms with Crippen LogP contribution in [-0.2, 0) is 4.74 Å². The first kappa shape index (κ1) is 16.1. The Bertz CT molecular complexity index is 325. The van der Waals surface area contributed by atoms with E-state index in [4.69, 9.17) is 9.84 Å². The van der Waals surface area contributed by atoms with E-state index in [1.54, 1.807) is 20.8 Å². The summed E-state index contributed by atoms with van der Waals surface area (Å²) in [5.41, 5.74) is -0.688. The Balaban J connectivity index is 2.62. The molecule has 0 aliphatic carbocycles. The molecule has 1 rings (SSSR count). The van der Waals surface area contributed by atoms with Crippen LogP contribution in [0.5, 0.6) is 0 Å². The van der Waals surface area contributed by atoms with Crippen molar-refractivity contribution < 1.29 is 27.8 Å². The van der Waals surface area contributed by atoms with Gasteiger partial charge in [0.05, 0.1) is 0 Å². The highest BCUT2D eigenvalue weighted by atomic mass is 19.4. The molecule has 1 heterocycles. The van der Waals surface area contributed by atoms with Crippen LogP contribution < -0.4 is 0 Å². The van der Waals surface area contributed by atoms with Crippen molar-refractivity contribution in [3.05, 3.63) is 0 Å². The second-order valence-corrected chi connectivity index (χ2v) is 5.76. The predicted molar refractivity (Wildman–Crippen MR) is 62.6 cm³/mol. The summed E-state index contributed by atoms with van der Waals surface area (Å²) in [7, 11) is 0. The van der Waals surface area contributed by atoms with Gasteiger partial charge in [0.25, 0.3) is 0 Å². The summed E-state index contributed by atoms with van der Waals surface area (Å²) in [6, 6.07) is -0.619. The molecule has 19 heavy (non-hydrogen) atoms. The number of rotatable bonds is 2. The third kappa shape index (κ3) is 4.89. The van der Waals surface area contributed by atoms with Crippen LogP contribution in [0.4, 0.5) is 18.0 Å². The summed E-state index contributed by atoms with van der Waals surface area (Å²) in [4.78, 5) is 13.1. The van der Waals surface area contributed by atoms with E-state index in [2.05, 4.69) is 0 Å². The highest BCUT2D eigenvalue weighted by Gasteiger charge is 2.42. The van der Waals surface area contributed by atoms with Crippen LogP contribution in [0.2, 0.25) is 0 Å². The minimum absolute atomic E-state index is 0.365. The number of hydrogen-bond acceptors (Lipinski definition) is 3. The SMILES string of the molecule is CC(C)(C)OC(=O)N1CCCC1CC(O)C(F)(F)F. The molecule has 1 aliphatic rings. The summed E-state index contributed by atoms with van der Waals surface area (Å²) in [6.07, 6.45) is -7.10. The lowest BCUT2D eigenvalue weighted by Crippen LogP contribution is -2.43. The first-order valence-electron chi connectivity index (χ1n) is 6.25. The number of aliphatic hydroxyl groups excluding tert-OH is 1. The lowest BCUT2D eigenvalue weighted by atomic mass is 10.1. The largest absolute Gasteiger partial charge is 0.444 e. The lowest BCUT2D eigenvalue weighted by molar-refractivity contribution is -0.208. The van der Waals surface area contributed by atoms with Crippen molar-refractivity contribution in [3.63, 3.8) is 0 Å². The molecule has 2 atom stereocenters. The highest BCUT2D eigenvalue weighted by Crippen LogP contribution is 2.29. The van der Waals surface area contributed by atoms with Gasteiger partial charge in [-0.25, -0.2) is 4.79 Å². The number of aliphatic hydroxyl groups is 1. The summed E-state index contributed by atoms with van der Waals surface area (Å²) in [6.45, 7) is 5.45. The van der Waals surface area contributed by atoms with Gasteiger partial charge in [-0.3, -0.25) is 0 Å². The van der Waals surface area contributed by atoms with Gasteiger partial charge in [0, 0.05) is 19.0 Å². The fraction of sp³-hybridized carbons (Fsp3) is 0.917. The molecule has 1 amide bonds. The van der Waals surface area contributed by atoms with Crippen LogP contribution >= 0.6 is 0 Å². The Morgan fingerprint density at radius 3 is 2.47 bits per heavy atom. The van der Waals surface area contributed by atoms with Crippen molar-refractivity contribution in [2.24, 2.45) is 0 Å². The van der Waals surface area contributed by atoms with Gasteiger partial charge in [0.1, 0.15) is 5.60 Å². The molecule has 0 aromatic carbocycles. The van der Waals surface area contributed by atoms with Gasteiger partial charge in [-0.15, -0.1) is 0 Å². The van der Waals surface area contributed by atoms with Gasteiger partial charge in [0.15, 0.2) is 6.10 Å². The molecule has 0 aromatic rings. The molecule has 112 valence electrons. The topological polar surface area (TPSA) is 49.8 Å². The third-order valence-corrected chi connectivity index (χ3v) is 2.88. The molecule has 1 fully saturated rings. The number of amides is 1. The number of carbonyl (C=O) groups excluding carboxylic acids is 1.